The van der Waals surface area contributed by atoms with Gasteiger partial charge in [0.05, 0.1) is 18.9 Å². The minimum absolute atomic E-state index is 0.0421. The zero-order chi connectivity index (χ0) is 21.3. The summed E-state index contributed by atoms with van der Waals surface area (Å²) >= 11 is 0. The van der Waals surface area contributed by atoms with Crippen LogP contribution >= 0.6 is 0 Å². The molecule has 6 heteroatoms. The van der Waals surface area contributed by atoms with Crippen LogP contribution in [0.1, 0.15) is 54.3 Å². The standard InChI is InChI=1S/C24H32N2O4/c1-3-4-12-25(24(28)20-9-5-8-19(2)15-20)18-23(27)26(16-21-10-6-13-29-21)17-22-11-7-14-30-22/h5-6,8-10,13,15,22H,3-4,7,11-12,14,16-18H2,1-2H3/t22-/m0/s1. The van der Waals surface area contributed by atoms with Gasteiger partial charge < -0.3 is 19.0 Å². The number of rotatable bonds is 10. The molecule has 1 aliphatic heterocycles. The Morgan fingerprint density at radius 3 is 2.70 bits per heavy atom. The Kier molecular flexibility index (Phi) is 8.08. The van der Waals surface area contributed by atoms with Crippen molar-refractivity contribution < 1.29 is 18.7 Å². The number of ether oxygens (including phenoxy) is 1. The van der Waals surface area contributed by atoms with Gasteiger partial charge in [-0.1, -0.05) is 31.0 Å². The molecule has 0 unspecified atom stereocenters. The van der Waals surface area contributed by atoms with Crippen molar-refractivity contribution >= 4 is 11.8 Å². The van der Waals surface area contributed by atoms with Crippen LogP contribution in [0.5, 0.6) is 0 Å². The van der Waals surface area contributed by atoms with E-state index in [-0.39, 0.29) is 24.5 Å². The third-order valence-electron chi connectivity index (χ3n) is 5.39. The topological polar surface area (TPSA) is 63.0 Å². The van der Waals surface area contributed by atoms with E-state index >= 15 is 0 Å². The van der Waals surface area contributed by atoms with Crippen LogP contribution in [-0.2, 0) is 16.1 Å². The van der Waals surface area contributed by atoms with Gasteiger partial charge in [-0.15, -0.1) is 0 Å². The summed E-state index contributed by atoms with van der Waals surface area (Å²) in [6.07, 6.45) is 5.43. The van der Waals surface area contributed by atoms with Crippen molar-refractivity contribution in [3.05, 3.63) is 59.5 Å². The molecule has 0 saturated carbocycles. The molecule has 0 bridgehead atoms. The Balaban J connectivity index is 1.73. The van der Waals surface area contributed by atoms with Crippen LogP contribution in [0.4, 0.5) is 0 Å². The number of carbonyl (C=O) groups excluding carboxylic acids is 2. The zero-order valence-electron chi connectivity index (χ0n) is 18.0. The highest BCUT2D eigenvalue weighted by Crippen LogP contribution is 2.17. The van der Waals surface area contributed by atoms with E-state index in [4.69, 9.17) is 9.15 Å². The summed E-state index contributed by atoms with van der Waals surface area (Å²) in [5.74, 6) is 0.543. The van der Waals surface area contributed by atoms with Crippen molar-refractivity contribution in [1.82, 2.24) is 9.80 Å². The van der Waals surface area contributed by atoms with Crippen LogP contribution in [0.15, 0.2) is 47.1 Å². The van der Waals surface area contributed by atoms with Crippen molar-refractivity contribution in [2.45, 2.75) is 52.2 Å². The van der Waals surface area contributed by atoms with E-state index in [9.17, 15) is 9.59 Å². The number of hydrogen-bond donors (Lipinski definition) is 0. The van der Waals surface area contributed by atoms with Gasteiger partial charge in [0, 0.05) is 25.3 Å². The fraction of sp³-hybridized carbons (Fsp3) is 0.500. The summed E-state index contributed by atoms with van der Waals surface area (Å²) in [4.78, 5) is 29.8. The lowest BCUT2D eigenvalue weighted by atomic mass is 10.1. The van der Waals surface area contributed by atoms with Crippen molar-refractivity contribution in [3.63, 3.8) is 0 Å². The van der Waals surface area contributed by atoms with Crippen molar-refractivity contribution in [3.8, 4) is 0 Å². The Bertz CT molecular complexity index is 812. The molecule has 1 saturated heterocycles. The first-order valence-corrected chi connectivity index (χ1v) is 10.8. The second-order valence-electron chi connectivity index (χ2n) is 7.94. The van der Waals surface area contributed by atoms with E-state index in [1.165, 1.54) is 0 Å². The lowest BCUT2D eigenvalue weighted by Crippen LogP contribution is -2.45. The molecule has 6 nitrogen and oxygen atoms in total. The summed E-state index contributed by atoms with van der Waals surface area (Å²) in [5, 5.41) is 0. The van der Waals surface area contributed by atoms with E-state index in [2.05, 4.69) is 6.92 Å². The van der Waals surface area contributed by atoms with Crippen molar-refractivity contribution in [1.29, 1.82) is 0 Å². The first-order chi connectivity index (χ1) is 14.6. The molecule has 162 valence electrons. The Hall–Kier alpha value is -2.60. The molecule has 1 aliphatic rings. The van der Waals surface area contributed by atoms with Gasteiger partial charge in [-0.05, 0) is 50.5 Å². The van der Waals surface area contributed by atoms with E-state index in [1.807, 2.05) is 43.3 Å². The Morgan fingerprint density at radius 1 is 1.17 bits per heavy atom. The number of furan rings is 1. The predicted molar refractivity (Wildman–Crippen MR) is 115 cm³/mol. The molecule has 30 heavy (non-hydrogen) atoms. The highest BCUT2D eigenvalue weighted by atomic mass is 16.5. The van der Waals surface area contributed by atoms with Gasteiger partial charge in [0.1, 0.15) is 12.3 Å². The van der Waals surface area contributed by atoms with Crippen LogP contribution < -0.4 is 0 Å². The SMILES string of the molecule is CCCCN(CC(=O)N(Cc1ccco1)C[C@@H]1CCCO1)C(=O)c1cccc(C)c1. The molecule has 2 aromatic rings. The molecule has 1 aromatic carbocycles. The van der Waals surface area contributed by atoms with Crippen LogP contribution in [0.25, 0.3) is 0 Å². The third kappa shape index (κ3) is 6.20. The lowest BCUT2D eigenvalue weighted by molar-refractivity contribution is -0.134. The number of nitrogens with zero attached hydrogens (tertiary/aromatic N) is 2. The summed E-state index contributed by atoms with van der Waals surface area (Å²) in [6.45, 7) is 6.29. The minimum atomic E-state index is -0.101. The number of aryl methyl sites for hydroxylation is 1. The monoisotopic (exact) mass is 412 g/mol. The predicted octanol–water partition coefficient (Wildman–Crippen LogP) is 4.04. The van der Waals surface area contributed by atoms with Gasteiger partial charge in [-0.2, -0.15) is 0 Å². The molecule has 0 spiro atoms. The first kappa shape index (κ1) is 22.1. The van der Waals surface area contributed by atoms with E-state index in [1.54, 1.807) is 16.1 Å². The molecule has 0 N–H and O–H groups in total. The highest BCUT2D eigenvalue weighted by molar-refractivity contribution is 5.96. The number of amides is 2. The van der Waals surface area contributed by atoms with E-state index in [0.29, 0.717) is 25.2 Å². The van der Waals surface area contributed by atoms with E-state index < -0.39 is 0 Å². The molecular weight excluding hydrogens is 380 g/mol. The fourth-order valence-electron chi connectivity index (χ4n) is 3.70. The summed E-state index contributed by atoms with van der Waals surface area (Å²) < 4.78 is 11.2. The number of carbonyl (C=O) groups is 2. The molecule has 1 aromatic heterocycles. The molecule has 3 rings (SSSR count). The van der Waals surface area contributed by atoms with Crippen LogP contribution in [-0.4, -0.2) is 54.0 Å². The van der Waals surface area contributed by atoms with Gasteiger partial charge in [0.15, 0.2) is 0 Å². The summed E-state index contributed by atoms with van der Waals surface area (Å²) in [6, 6.07) is 11.2. The number of hydrogen-bond acceptors (Lipinski definition) is 4. The van der Waals surface area contributed by atoms with Gasteiger partial charge >= 0.3 is 0 Å². The quantitative estimate of drug-likeness (QED) is 0.591. The van der Waals surface area contributed by atoms with Crippen LogP contribution in [0, 0.1) is 6.92 Å². The molecule has 2 heterocycles. The lowest BCUT2D eigenvalue weighted by Gasteiger charge is -2.29. The average Bonchev–Trinajstić information content (AvgIpc) is 3.44. The zero-order valence-corrected chi connectivity index (χ0v) is 18.0. The molecule has 0 radical (unpaired) electrons. The van der Waals surface area contributed by atoms with Crippen LogP contribution in [0.2, 0.25) is 0 Å². The minimum Gasteiger partial charge on any atom is -0.467 e. The molecule has 1 atom stereocenters. The molecular formula is C24H32N2O4. The van der Waals surface area contributed by atoms with Gasteiger partial charge in [-0.25, -0.2) is 0 Å². The van der Waals surface area contributed by atoms with Gasteiger partial charge in [0.2, 0.25) is 5.91 Å². The van der Waals surface area contributed by atoms with Gasteiger partial charge in [-0.3, -0.25) is 9.59 Å². The smallest absolute Gasteiger partial charge is 0.254 e. The maximum absolute atomic E-state index is 13.3. The maximum Gasteiger partial charge on any atom is 0.254 e. The maximum atomic E-state index is 13.3. The van der Waals surface area contributed by atoms with Crippen molar-refractivity contribution in [2.24, 2.45) is 0 Å². The normalized spacial score (nSPS) is 15.9. The molecule has 2 amide bonds. The third-order valence-corrected chi connectivity index (χ3v) is 5.39. The Labute approximate surface area is 178 Å². The summed E-state index contributed by atoms with van der Waals surface area (Å²) in [5.41, 5.74) is 1.65. The summed E-state index contributed by atoms with van der Waals surface area (Å²) in [7, 11) is 0. The largest absolute Gasteiger partial charge is 0.467 e. The Morgan fingerprint density at radius 2 is 2.03 bits per heavy atom. The number of unbranched alkanes of at least 4 members (excludes halogenated alkanes) is 1. The fourth-order valence-corrected chi connectivity index (χ4v) is 3.70. The highest BCUT2D eigenvalue weighted by Gasteiger charge is 2.26. The first-order valence-electron chi connectivity index (χ1n) is 10.8. The van der Waals surface area contributed by atoms with E-state index in [0.717, 1.165) is 43.6 Å². The van der Waals surface area contributed by atoms with Crippen LogP contribution in [0.3, 0.4) is 0 Å². The second kappa shape index (κ2) is 11.0. The molecule has 0 aliphatic carbocycles. The number of benzene rings is 1. The molecule has 1 fully saturated rings. The second-order valence-corrected chi connectivity index (χ2v) is 7.94. The average molecular weight is 413 g/mol. The van der Waals surface area contributed by atoms with Gasteiger partial charge in [0.25, 0.3) is 5.91 Å². The van der Waals surface area contributed by atoms with Crippen molar-refractivity contribution in [2.75, 3.05) is 26.2 Å².